The van der Waals surface area contributed by atoms with Gasteiger partial charge in [0.25, 0.3) is 0 Å². The summed E-state index contributed by atoms with van der Waals surface area (Å²) in [5.41, 5.74) is 1.16. The predicted octanol–water partition coefficient (Wildman–Crippen LogP) is -0.0126. The van der Waals surface area contributed by atoms with Gasteiger partial charge in [-0.05, 0) is 42.5 Å². The molecule has 0 saturated carbocycles. The second-order valence-corrected chi connectivity index (χ2v) is 7.11. The average molecular weight is 343 g/mol. The number of aromatic carboxylic acids is 1. The van der Waals surface area contributed by atoms with Gasteiger partial charge in [-0.15, -0.1) is 0 Å². The van der Waals surface area contributed by atoms with E-state index < -0.39 is 41.0 Å². The standard InChI is InChI=1S/C14H17NO7S/c16-10(6-13(17)18)7-15-23(21,22)12-5-9(14(19)20)4-8-2-1-3-11(8)12/h4-5,10,15-16H,1-3,6-7H2,(H,17,18)(H,19,20)/t10-/m1/s1. The van der Waals surface area contributed by atoms with Crippen molar-refractivity contribution in [1.82, 2.24) is 4.72 Å². The normalized spacial score (nSPS) is 15.2. The van der Waals surface area contributed by atoms with E-state index in [9.17, 15) is 23.1 Å². The molecule has 23 heavy (non-hydrogen) atoms. The van der Waals surface area contributed by atoms with Gasteiger partial charge in [-0.1, -0.05) is 0 Å². The topological polar surface area (TPSA) is 141 Å². The molecule has 0 heterocycles. The van der Waals surface area contributed by atoms with E-state index in [2.05, 4.69) is 4.72 Å². The van der Waals surface area contributed by atoms with E-state index >= 15 is 0 Å². The van der Waals surface area contributed by atoms with Gasteiger partial charge in [0.15, 0.2) is 0 Å². The van der Waals surface area contributed by atoms with Crippen LogP contribution in [0.2, 0.25) is 0 Å². The Balaban J connectivity index is 2.29. The van der Waals surface area contributed by atoms with Crippen molar-refractivity contribution in [2.75, 3.05) is 6.54 Å². The molecule has 0 aromatic heterocycles. The van der Waals surface area contributed by atoms with E-state index in [1.165, 1.54) is 6.07 Å². The van der Waals surface area contributed by atoms with E-state index in [-0.39, 0.29) is 10.5 Å². The number of nitrogens with one attached hydrogen (secondary N) is 1. The molecule has 1 aliphatic rings. The first-order chi connectivity index (χ1) is 10.7. The Morgan fingerprint density at radius 2 is 1.91 bits per heavy atom. The first kappa shape index (κ1) is 17.4. The molecule has 1 aromatic carbocycles. The number of sulfonamides is 1. The number of hydrogen-bond donors (Lipinski definition) is 4. The SMILES string of the molecule is O=C(O)C[C@@H](O)CNS(=O)(=O)c1cc(C(=O)O)cc2c1CCC2. The average Bonchev–Trinajstić information content (AvgIpc) is 2.91. The molecule has 1 atom stereocenters. The zero-order chi connectivity index (χ0) is 17.2. The highest BCUT2D eigenvalue weighted by Crippen LogP contribution is 2.30. The van der Waals surface area contributed by atoms with Crippen molar-refractivity contribution >= 4 is 22.0 Å². The van der Waals surface area contributed by atoms with Crippen molar-refractivity contribution in [1.29, 1.82) is 0 Å². The van der Waals surface area contributed by atoms with Gasteiger partial charge in [-0.3, -0.25) is 4.79 Å². The lowest BCUT2D eigenvalue weighted by Crippen LogP contribution is -2.34. The van der Waals surface area contributed by atoms with Gasteiger partial charge in [0.2, 0.25) is 10.0 Å². The molecular formula is C14H17NO7S. The fourth-order valence-corrected chi connectivity index (χ4v) is 3.99. The monoisotopic (exact) mass is 343 g/mol. The fraction of sp³-hybridized carbons (Fsp3) is 0.429. The van der Waals surface area contributed by atoms with Gasteiger partial charge in [0, 0.05) is 6.54 Å². The molecule has 1 aliphatic carbocycles. The van der Waals surface area contributed by atoms with Crippen LogP contribution in [-0.2, 0) is 27.7 Å². The third-order valence-corrected chi connectivity index (χ3v) is 5.12. The molecule has 0 aliphatic heterocycles. The smallest absolute Gasteiger partial charge is 0.335 e. The van der Waals surface area contributed by atoms with E-state index in [4.69, 9.17) is 10.2 Å². The predicted molar refractivity (Wildman–Crippen MR) is 78.9 cm³/mol. The van der Waals surface area contributed by atoms with Crippen molar-refractivity contribution in [2.45, 2.75) is 36.7 Å². The molecule has 0 radical (unpaired) electrons. The summed E-state index contributed by atoms with van der Waals surface area (Å²) in [5.74, 6) is -2.47. The third-order valence-electron chi connectivity index (χ3n) is 3.63. The summed E-state index contributed by atoms with van der Waals surface area (Å²) >= 11 is 0. The number of aliphatic hydroxyl groups is 1. The highest BCUT2D eigenvalue weighted by atomic mass is 32.2. The Morgan fingerprint density at radius 1 is 1.22 bits per heavy atom. The van der Waals surface area contributed by atoms with Crippen LogP contribution in [0.3, 0.4) is 0 Å². The summed E-state index contributed by atoms with van der Waals surface area (Å²) in [6.07, 6.45) is -0.0692. The van der Waals surface area contributed by atoms with Gasteiger partial charge >= 0.3 is 11.9 Å². The molecule has 1 aromatic rings. The maximum Gasteiger partial charge on any atom is 0.335 e. The van der Waals surface area contributed by atoms with E-state index in [1.807, 2.05) is 0 Å². The number of carboxylic acids is 2. The molecule has 0 unspecified atom stereocenters. The van der Waals surface area contributed by atoms with Gasteiger partial charge < -0.3 is 15.3 Å². The summed E-state index contributed by atoms with van der Waals surface area (Å²) in [6, 6.07) is 2.57. The van der Waals surface area contributed by atoms with Crippen LogP contribution in [0, 0.1) is 0 Å². The van der Waals surface area contributed by atoms with Gasteiger partial charge in [0.05, 0.1) is 23.0 Å². The van der Waals surface area contributed by atoms with Crippen LogP contribution >= 0.6 is 0 Å². The quantitative estimate of drug-likeness (QED) is 0.545. The van der Waals surface area contributed by atoms with Crippen molar-refractivity contribution in [3.63, 3.8) is 0 Å². The second-order valence-electron chi connectivity index (χ2n) is 5.37. The molecule has 0 amide bonds. The van der Waals surface area contributed by atoms with Crippen LogP contribution in [0.4, 0.5) is 0 Å². The highest BCUT2D eigenvalue weighted by Gasteiger charge is 2.26. The molecule has 0 fully saturated rings. The Morgan fingerprint density at radius 3 is 2.52 bits per heavy atom. The maximum absolute atomic E-state index is 12.4. The largest absolute Gasteiger partial charge is 0.481 e. The molecule has 2 rings (SSSR count). The Labute approximate surface area is 132 Å². The number of rotatable bonds is 7. The van der Waals surface area contributed by atoms with Crippen molar-refractivity contribution in [3.8, 4) is 0 Å². The fourth-order valence-electron chi connectivity index (χ4n) is 2.59. The minimum atomic E-state index is -4.04. The van der Waals surface area contributed by atoms with Crippen molar-refractivity contribution < 1.29 is 33.3 Å². The zero-order valence-electron chi connectivity index (χ0n) is 12.2. The van der Waals surface area contributed by atoms with Crippen LogP contribution in [0.1, 0.15) is 34.3 Å². The molecule has 4 N–H and O–H groups in total. The van der Waals surface area contributed by atoms with Crippen LogP contribution < -0.4 is 4.72 Å². The summed E-state index contributed by atoms with van der Waals surface area (Å²) < 4.78 is 26.9. The molecule has 8 nitrogen and oxygen atoms in total. The Bertz CT molecular complexity index is 742. The molecule has 0 saturated heterocycles. The molecular weight excluding hydrogens is 326 g/mol. The minimum Gasteiger partial charge on any atom is -0.481 e. The lowest BCUT2D eigenvalue weighted by molar-refractivity contribution is -0.139. The summed E-state index contributed by atoms with van der Waals surface area (Å²) in [7, 11) is -4.04. The molecule has 0 bridgehead atoms. The van der Waals surface area contributed by atoms with Gasteiger partial charge in [-0.25, -0.2) is 17.9 Å². The summed E-state index contributed by atoms with van der Waals surface area (Å²) in [6.45, 7) is -0.458. The van der Waals surface area contributed by atoms with Crippen molar-refractivity contribution in [3.05, 3.63) is 28.8 Å². The summed E-state index contributed by atoms with van der Waals surface area (Å²) in [4.78, 5) is 21.5. The number of benzene rings is 1. The van der Waals surface area contributed by atoms with Crippen LogP contribution in [0.5, 0.6) is 0 Å². The highest BCUT2D eigenvalue weighted by molar-refractivity contribution is 7.89. The van der Waals surface area contributed by atoms with Crippen LogP contribution in [0.15, 0.2) is 17.0 Å². The Kier molecular flexibility index (Phi) is 5.03. The summed E-state index contributed by atoms with van der Waals surface area (Å²) in [5, 5.41) is 27.1. The first-order valence-corrected chi connectivity index (χ1v) is 8.47. The van der Waals surface area contributed by atoms with Gasteiger partial charge in [0.1, 0.15) is 0 Å². The molecule has 9 heteroatoms. The lowest BCUT2D eigenvalue weighted by Gasteiger charge is -2.14. The maximum atomic E-state index is 12.4. The Hall–Kier alpha value is -1.97. The lowest BCUT2D eigenvalue weighted by atomic mass is 10.1. The number of aryl methyl sites for hydroxylation is 1. The first-order valence-electron chi connectivity index (χ1n) is 6.99. The van der Waals surface area contributed by atoms with Crippen LogP contribution in [-0.4, -0.2) is 48.3 Å². The number of aliphatic carboxylic acids is 1. The number of carbonyl (C=O) groups is 2. The molecule has 0 spiro atoms. The van der Waals surface area contributed by atoms with Crippen LogP contribution in [0.25, 0.3) is 0 Å². The van der Waals surface area contributed by atoms with E-state index in [1.54, 1.807) is 0 Å². The second kappa shape index (κ2) is 6.65. The van der Waals surface area contributed by atoms with E-state index in [0.29, 0.717) is 24.0 Å². The third kappa shape index (κ3) is 4.06. The molecule has 126 valence electrons. The number of fused-ring (bicyclic) bond motifs is 1. The van der Waals surface area contributed by atoms with Gasteiger partial charge in [-0.2, -0.15) is 0 Å². The van der Waals surface area contributed by atoms with Crippen molar-refractivity contribution in [2.24, 2.45) is 0 Å². The zero-order valence-corrected chi connectivity index (χ0v) is 13.0. The number of hydrogen-bond acceptors (Lipinski definition) is 5. The number of aliphatic hydroxyl groups excluding tert-OH is 1. The van der Waals surface area contributed by atoms with E-state index in [0.717, 1.165) is 12.5 Å². The minimum absolute atomic E-state index is 0.114. The number of carboxylic acid groups (broad SMARTS) is 2.